The number of nitro benzene ring substituents is 1. The molecule has 4 aromatic rings. The van der Waals surface area contributed by atoms with Crippen LogP contribution in [0.5, 0.6) is 5.75 Å². The molecule has 11 heteroatoms. The van der Waals surface area contributed by atoms with E-state index in [1.807, 2.05) is 24.7 Å². The number of anilines is 1. The lowest BCUT2D eigenvalue weighted by Crippen LogP contribution is -2.10. The Kier molecular flexibility index (Phi) is 6.44. The van der Waals surface area contributed by atoms with E-state index in [4.69, 9.17) is 9.15 Å². The van der Waals surface area contributed by atoms with Crippen molar-refractivity contribution in [3.63, 3.8) is 0 Å². The van der Waals surface area contributed by atoms with Gasteiger partial charge in [-0.05, 0) is 44.5 Å². The average molecular weight is 464 g/mol. The molecule has 0 bridgehead atoms. The molecular formula is C23H24N6O5. The SMILES string of the molecule is CCn1ncc(Cn2cc(NC(=O)c3ccc(COc4ccc(C)cc4[N+](=O)[O-])o3)cn2)c1C. The van der Waals surface area contributed by atoms with Gasteiger partial charge in [0.1, 0.15) is 12.4 Å². The lowest BCUT2D eigenvalue weighted by molar-refractivity contribution is -0.386. The minimum absolute atomic E-state index is 0.0556. The third kappa shape index (κ3) is 4.98. The molecule has 3 aromatic heterocycles. The van der Waals surface area contributed by atoms with Crippen LogP contribution in [0.15, 0.2) is 53.3 Å². The monoisotopic (exact) mass is 464 g/mol. The van der Waals surface area contributed by atoms with Gasteiger partial charge in [-0.2, -0.15) is 10.2 Å². The molecule has 0 saturated carbocycles. The number of carbonyl (C=O) groups is 1. The number of aromatic nitrogens is 4. The van der Waals surface area contributed by atoms with E-state index >= 15 is 0 Å². The standard InChI is InChI=1S/C23H24N6O5/c1-4-28-16(3)17(10-25-28)12-27-13-18(11-24-27)26-23(30)22-8-6-19(34-22)14-33-21-7-5-15(2)9-20(21)29(31)32/h5-11,13H,4,12,14H2,1-3H3,(H,26,30). The number of nitrogens with zero attached hydrogens (tertiary/aromatic N) is 5. The van der Waals surface area contributed by atoms with Crippen molar-refractivity contribution in [2.75, 3.05) is 5.32 Å². The number of amides is 1. The number of hydrogen-bond donors (Lipinski definition) is 1. The van der Waals surface area contributed by atoms with Gasteiger partial charge in [-0.1, -0.05) is 6.07 Å². The van der Waals surface area contributed by atoms with Gasteiger partial charge in [0, 0.05) is 30.1 Å². The molecule has 4 rings (SSSR count). The number of furan rings is 1. The first-order valence-electron chi connectivity index (χ1n) is 10.7. The predicted octanol–water partition coefficient (Wildman–Crippen LogP) is 4.10. The lowest BCUT2D eigenvalue weighted by Gasteiger charge is -2.06. The fourth-order valence-corrected chi connectivity index (χ4v) is 3.46. The number of rotatable bonds is 9. The minimum Gasteiger partial charge on any atom is -0.479 e. The number of aryl methyl sites for hydroxylation is 2. The first-order chi connectivity index (χ1) is 16.3. The van der Waals surface area contributed by atoms with Gasteiger partial charge in [0.2, 0.25) is 0 Å². The van der Waals surface area contributed by atoms with E-state index in [0.29, 0.717) is 18.0 Å². The summed E-state index contributed by atoms with van der Waals surface area (Å²) in [4.78, 5) is 23.3. The van der Waals surface area contributed by atoms with Crippen molar-refractivity contribution in [2.45, 2.75) is 40.5 Å². The zero-order chi connectivity index (χ0) is 24.2. The fourth-order valence-electron chi connectivity index (χ4n) is 3.46. The number of carbonyl (C=O) groups excluding carboxylic acids is 1. The highest BCUT2D eigenvalue weighted by Gasteiger charge is 2.17. The fraction of sp³-hybridized carbons (Fsp3) is 0.261. The summed E-state index contributed by atoms with van der Waals surface area (Å²) in [5.74, 6) is 0.135. The van der Waals surface area contributed by atoms with E-state index in [0.717, 1.165) is 23.4 Å². The predicted molar refractivity (Wildman–Crippen MR) is 123 cm³/mol. The molecule has 0 aliphatic heterocycles. The van der Waals surface area contributed by atoms with Crippen LogP contribution in [0.1, 0.15) is 40.1 Å². The van der Waals surface area contributed by atoms with E-state index in [9.17, 15) is 14.9 Å². The quantitative estimate of drug-likeness (QED) is 0.291. The maximum absolute atomic E-state index is 12.6. The van der Waals surface area contributed by atoms with Crippen molar-refractivity contribution in [1.29, 1.82) is 0 Å². The van der Waals surface area contributed by atoms with Crippen LogP contribution in [-0.2, 0) is 19.7 Å². The average Bonchev–Trinajstić information content (AvgIpc) is 3.54. The smallest absolute Gasteiger partial charge is 0.311 e. The molecule has 0 aliphatic carbocycles. The number of nitrogens with one attached hydrogen (secondary N) is 1. The van der Waals surface area contributed by atoms with E-state index in [2.05, 4.69) is 15.5 Å². The molecule has 0 aliphatic rings. The topological polar surface area (TPSA) is 130 Å². The summed E-state index contributed by atoms with van der Waals surface area (Å²) < 4.78 is 14.7. The van der Waals surface area contributed by atoms with Crippen molar-refractivity contribution in [2.24, 2.45) is 0 Å². The second-order valence-corrected chi connectivity index (χ2v) is 7.73. The van der Waals surface area contributed by atoms with Crippen LogP contribution < -0.4 is 10.1 Å². The maximum atomic E-state index is 12.6. The Morgan fingerprint density at radius 3 is 2.76 bits per heavy atom. The van der Waals surface area contributed by atoms with Gasteiger partial charge in [0.15, 0.2) is 11.5 Å². The van der Waals surface area contributed by atoms with E-state index < -0.39 is 10.8 Å². The number of nitro groups is 1. The third-order valence-corrected chi connectivity index (χ3v) is 5.29. The third-order valence-electron chi connectivity index (χ3n) is 5.29. The molecule has 0 atom stereocenters. The Balaban J connectivity index is 1.36. The van der Waals surface area contributed by atoms with Crippen LogP contribution in [0, 0.1) is 24.0 Å². The summed E-state index contributed by atoms with van der Waals surface area (Å²) in [6.07, 6.45) is 5.10. The van der Waals surface area contributed by atoms with Gasteiger partial charge >= 0.3 is 5.69 Å². The molecule has 0 unspecified atom stereocenters. The van der Waals surface area contributed by atoms with Crippen molar-refractivity contribution in [3.8, 4) is 5.75 Å². The Labute approximate surface area is 195 Å². The van der Waals surface area contributed by atoms with Gasteiger partial charge in [-0.15, -0.1) is 0 Å². The van der Waals surface area contributed by atoms with Crippen molar-refractivity contribution in [3.05, 3.63) is 87.4 Å². The number of ether oxygens (including phenoxy) is 1. The van der Waals surface area contributed by atoms with Crippen molar-refractivity contribution >= 4 is 17.3 Å². The Morgan fingerprint density at radius 1 is 1.21 bits per heavy atom. The second kappa shape index (κ2) is 9.61. The highest BCUT2D eigenvalue weighted by molar-refractivity contribution is 6.02. The molecule has 0 fully saturated rings. The minimum atomic E-state index is -0.499. The first-order valence-corrected chi connectivity index (χ1v) is 10.7. The van der Waals surface area contributed by atoms with Gasteiger partial charge in [-0.3, -0.25) is 24.3 Å². The largest absolute Gasteiger partial charge is 0.479 e. The zero-order valence-corrected chi connectivity index (χ0v) is 19.0. The van der Waals surface area contributed by atoms with Gasteiger partial charge < -0.3 is 14.5 Å². The number of hydrogen-bond acceptors (Lipinski definition) is 7. The van der Waals surface area contributed by atoms with Crippen LogP contribution in [-0.4, -0.2) is 30.4 Å². The summed E-state index contributed by atoms with van der Waals surface area (Å²) in [5.41, 5.74) is 3.27. The van der Waals surface area contributed by atoms with Crippen molar-refractivity contribution in [1.82, 2.24) is 19.6 Å². The highest BCUT2D eigenvalue weighted by Crippen LogP contribution is 2.28. The van der Waals surface area contributed by atoms with Crippen LogP contribution in [0.4, 0.5) is 11.4 Å². The highest BCUT2D eigenvalue weighted by atomic mass is 16.6. The second-order valence-electron chi connectivity index (χ2n) is 7.73. The van der Waals surface area contributed by atoms with Gasteiger partial charge in [-0.25, -0.2) is 0 Å². The molecular weight excluding hydrogens is 440 g/mol. The molecule has 1 N–H and O–H groups in total. The molecule has 0 spiro atoms. The van der Waals surface area contributed by atoms with Gasteiger partial charge in [0.25, 0.3) is 5.91 Å². The van der Waals surface area contributed by atoms with Crippen molar-refractivity contribution < 1.29 is 18.9 Å². The Bertz CT molecular complexity index is 1340. The summed E-state index contributed by atoms with van der Waals surface area (Å²) in [7, 11) is 0. The maximum Gasteiger partial charge on any atom is 0.311 e. The lowest BCUT2D eigenvalue weighted by atomic mass is 10.2. The summed E-state index contributed by atoms with van der Waals surface area (Å²) >= 11 is 0. The van der Waals surface area contributed by atoms with Crippen LogP contribution in [0.2, 0.25) is 0 Å². The molecule has 176 valence electrons. The van der Waals surface area contributed by atoms with E-state index in [-0.39, 0.29) is 23.8 Å². The first kappa shape index (κ1) is 22.8. The Morgan fingerprint density at radius 2 is 2.03 bits per heavy atom. The van der Waals surface area contributed by atoms with E-state index in [1.54, 1.807) is 36.1 Å². The molecule has 3 heterocycles. The number of benzene rings is 1. The molecule has 1 amide bonds. The summed E-state index contributed by atoms with van der Waals surface area (Å²) in [6, 6.07) is 7.81. The normalized spacial score (nSPS) is 10.9. The summed E-state index contributed by atoms with van der Waals surface area (Å²) in [6.45, 7) is 7.08. The van der Waals surface area contributed by atoms with Crippen LogP contribution >= 0.6 is 0 Å². The molecule has 1 aromatic carbocycles. The zero-order valence-electron chi connectivity index (χ0n) is 19.0. The Hall–Kier alpha value is -4.41. The van der Waals surface area contributed by atoms with Crippen LogP contribution in [0.25, 0.3) is 0 Å². The van der Waals surface area contributed by atoms with E-state index in [1.165, 1.54) is 18.2 Å². The molecule has 11 nitrogen and oxygen atoms in total. The van der Waals surface area contributed by atoms with Gasteiger partial charge in [0.05, 0.1) is 29.5 Å². The molecule has 0 saturated heterocycles. The summed E-state index contributed by atoms with van der Waals surface area (Å²) in [5, 5.41) is 22.6. The molecule has 34 heavy (non-hydrogen) atoms. The van der Waals surface area contributed by atoms with Crippen LogP contribution in [0.3, 0.4) is 0 Å². The molecule has 0 radical (unpaired) electrons.